The lowest BCUT2D eigenvalue weighted by atomic mass is 10.1. The fourth-order valence-electron chi connectivity index (χ4n) is 1.51. The second-order valence-corrected chi connectivity index (χ2v) is 3.18. The topological polar surface area (TPSA) is 32.7 Å². The van der Waals surface area contributed by atoms with Gasteiger partial charge in [0.1, 0.15) is 0 Å². The average Bonchev–Trinajstić information content (AvgIpc) is 2.19. The van der Waals surface area contributed by atoms with E-state index in [1.165, 1.54) is 5.06 Å². The Labute approximate surface area is 77.5 Å². The van der Waals surface area contributed by atoms with Crippen LogP contribution in [-0.2, 0) is 4.74 Å². The van der Waals surface area contributed by atoms with Crippen LogP contribution < -0.4 is 0 Å². The molecular formula is C10H13NO2. The van der Waals surface area contributed by atoms with Crippen LogP contribution in [0, 0.1) is 0 Å². The van der Waals surface area contributed by atoms with Gasteiger partial charge in [-0.15, -0.1) is 0 Å². The lowest BCUT2D eigenvalue weighted by Gasteiger charge is -2.28. The van der Waals surface area contributed by atoms with Gasteiger partial charge in [0.2, 0.25) is 0 Å². The third-order valence-corrected chi connectivity index (χ3v) is 2.22. The molecule has 0 aromatic heterocycles. The molecule has 3 nitrogen and oxygen atoms in total. The number of benzene rings is 1. The molecule has 1 fully saturated rings. The van der Waals surface area contributed by atoms with Gasteiger partial charge >= 0.3 is 0 Å². The second-order valence-electron chi connectivity index (χ2n) is 3.18. The molecule has 0 saturated carbocycles. The van der Waals surface area contributed by atoms with Gasteiger partial charge in [0.05, 0.1) is 19.3 Å². The van der Waals surface area contributed by atoms with Crippen molar-refractivity contribution in [3.05, 3.63) is 35.9 Å². The van der Waals surface area contributed by atoms with Crippen LogP contribution in [-0.4, -0.2) is 30.0 Å². The van der Waals surface area contributed by atoms with Crippen LogP contribution in [0.25, 0.3) is 0 Å². The summed E-state index contributed by atoms with van der Waals surface area (Å²) in [5.41, 5.74) is 1.13. The van der Waals surface area contributed by atoms with E-state index in [0.717, 1.165) is 5.56 Å². The van der Waals surface area contributed by atoms with E-state index in [1.807, 2.05) is 30.3 Å². The van der Waals surface area contributed by atoms with Crippen LogP contribution in [0.1, 0.15) is 11.7 Å². The first-order valence-corrected chi connectivity index (χ1v) is 4.46. The fraction of sp³-hybridized carbons (Fsp3) is 0.400. The van der Waals surface area contributed by atoms with Crippen molar-refractivity contribution in [3.8, 4) is 0 Å². The minimum Gasteiger partial charge on any atom is -0.371 e. The maximum absolute atomic E-state index is 9.29. The van der Waals surface area contributed by atoms with E-state index in [2.05, 4.69) is 0 Å². The van der Waals surface area contributed by atoms with Gasteiger partial charge in [-0.05, 0) is 5.56 Å². The minimum atomic E-state index is 0.0138. The molecular weight excluding hydrogens is 166 g/mol. The summed E-state index contributed by atoms with van der Waals surface area (Å²) in [4.78, 5) is 0. The summed E-state index contributed by atoms with van der Waals surface area (Å²) in [6.45, 7) is 1.75. The van der Waals surface area contributed by atoms with E-state index in [9.17, 15) is 5.21 Å². The van der Waals surface area contributed by atoms with E-state index >= 15 is 0 Å². The molecule has 0 bridgehead atoms. The Morgan fingerprint density at radius 2 is 2.08 bits per heavy atom. The number of nitrogens with zero attached hydrogens (tertiary/aromatic N) is 1. The van der Waals surface area contributed by atoms with Gasteiger partial charge in [-0.2, -0.15) is 5.06 Å². The third kappa shape index (κ3) is 2.06. The fourth-order valence-corrected chi connectivity index (χ4v) is 1.51. The molecule has 1 N–H and O–H groups in total. The van der Waals surface area contributed by atoms with Gasteiger partial charge in [0.25, 0.3) is 0 Å². The predicted octanol–water partition coefficient (Wildman–Crippen LogP) is 1.45. The van der Waals surface area contributed by atoms with Crippen molar-refractivity contribution in [1.82, 2.24) is 5.06 Å². The molecule has 1 atom stereocenters. The molecule has 0 radical (unpaired) electrons. The van der Waals surface area contributed by atoms with E-state index in [0.29, 0.717) is 19.7 Å². The van der Waals surface area contributed by atoms with E-state index in [1.54, 1.807) is 0 Å². The van der Waals surface area contributed by atoms with Gasteiger partial charge in [-0.3, -0.25) is 0 Å². The molecule has 1 aliphatic rings. The van der Waals surface area contributed by atoms with Crippen LogP contribution in [0.3, 0.4) is 0 Å². The number of morpholine rings is 1. The highest BCUT2D eigenvalue weighted by atomic mass is 16.5. The second kappa shape index (κ2) is 3.87. The summed E-state index contributed by atoms with van der Waals surface area (Å²) in [5, 5.41) is 10.6. The molecule has 1 heterocycles. The van der Waals surface area contributed by atoms with Crippen molar-refractivity contribution in [1.29, 1.82) is 0 Å². The molecule has 0 amide bonds. The average molecular weight is 179 g/mol. The number of rotatable bonds is 1. The van der Waals surface area contributed by atoms with Crippen molar-refractivity contribution < 1.29 is 9.94 Å². The summed E-state index contributed by atoms with van der Waals surface area (Å²) in [7, 11) is 0. The summed E-state index contributed by atoms with van der Waals surface area (Å²) < 4.78 is 5.53. The zero-order valence-electron chi connectivity index (χ0n) is 7.39. The molecule has 1 unspecified atom stereocenters. The Morgan fingerprint density at radius 1 is 1.31 bits per heavy atom. The Bertz CT molecular complexity index is 263. The van der Waals surface area contributed by atoms with Gasteiger partial charge in [0, 0.05) is 6.54 Å². The van der Waals surface area contributed by atoms with Crippen molar-refractivity contribution >= 4 is 0 Å². The van der Waals surface area contributed by atoms with Crippen LogP contribution in [0.5, 0.6) is 0 Å². The Morgan fingerprint density at radius 3 is 2.77 bits per heavy atom. The first kappa shape index (κ1) is 8.69. The molecule has 2 rings (SSSR count). The van der Waals surface area contributed by atoms with Gasteiger partial charge in [-0.25, -0.2) is 0 Å². The highest BCUT2D eigenvalue weighted by Gasteiger charge is 2.19. The van der Waals surface area contributed by atoms with Crippen molar-refractivity contribution in [3.63, 3.8) is 0 Å². The Hall–Kier alpha value is -0.900. The molecule has 1 saturated heterocycles. The lowest BCUT2D eigenvalue weighted by Crippen LogP contribution is -2.35. The first-order valence-electron chi connectivity index (χ1n) is 4.46. The smallest absolute Gasteiger partial charge is 0.0975 e. The summed E-state index contributed by atoms with van der Waals surface area (Å²) in [6, 6.07) is 9.97. The van der Waals surface area contributed by atoms with Gasteiger partial charge in [-0.1, -0.05) is 30.3 Å². The first-order chi connectivity index (χ1) is 6.36. The highest BCUT2D eigenvalue weighted by molar-refractivity contribution is 5.18. The molecule has 1 aromatic rings. The summed E-state index contributed by atoms with van der Waals surface area (Å²) in [5.74, 6) is 0. The van der Waals surface area contributed by atoms with E-state index < -0.39 is 0 Å². The Balaban J connectivity index is 2.08. The summed E-state index contributed by atoms with van der Waals surface area (Å²) in [6.07, 6.45) is 0.0138. The molecule has 1 aliphatic heterocycles. The largest absolute Gasteiger partial charge is 0.371 e. The predicted molar refractivity (Wildman–Crippen MR) is 48.5 cm³/mol. The standard InChI is InChI=1S/C10H13NO2/c12-11-6-7-13-10(8-11)9-4-2-1-3-5-9/h1-5,10,12H,6-8H2. The number of hydroxylamine groups is 2. The SMILES string of the molecule is ON1CCOC(c2ccccc2)C1. The minimum absolute atomic E-state index is 0.0138. The molecule has 13 heavy (non-hydrogen) atoms. The van der Waals surface area contributed by atoms with Crippen LogP contribution in [0.2, 0.25) is 0 Å². The zero-order valence-corrected chi connectivity index (χ0v) is 7.39. The number of hydrogen-bond acceptors (Lipinski definition) is 3. The van der Waals surface area contributed by atoms with Crippen molar-refractivity contribution in [2.75, 3.05) is 19.7 Å². The molecule has 0 aliphatic carbocycles. The monoisotopic (exact) mass is 179 g/mol. The van der Waals surface area contributed by atoms with Gasteiger partial charge in [0.15, 0.2) is 0 Å². The van der Waals surface area contributed by atoms with E-state index in [-0.39, 0.29) is 6.10 Å². The third-order valence-electron chi connectivity index (χ3n) is 2.22. The van der Waals surface area contributed by atoms with Crippen molar-refractivity contribution in [2.45, 2.75) is 6.10 Å². The van der Waals surface area contributed by atoms with Crippen LogP contribution in [0.4, 0.5) is 0 Å². The number of ether oxygens (including phenoxy) is 1. The molecule has 1 aromatic carbocycles. The molecule has 70 valence electrons. The van der Waals surface area contributed by atoms with Crippen molar-refractivity contribution in [2.24, 2.45) is 0 Å². The highest BCUT2D eigenvalue weighted by Crippen LogP contribution is 2.20. The normalized spacial score (nSPS) is 24.5. The van der Waals surface area contributed by atoms with Crippen LogP contribution >= 0.6 is 0 Å². The quantitative estimate of drug-likeness (QED) is 0.708. The lowest BCUT2D eigenvalue weighted by molar-refractivity contribution is -0.170. The Kier molecular flexibility index (Phi) is 2.59. The van der Waals surface area contributed by atoms with Crippen LogP contribution in [0.15, 0.2) is 30.3 Å². The number of hydrogen-bond donors (Lipinski definition) is 1. The maximum Gasteiger partial charge on any atom is 0.0975 e. The van der Waals surface area contributed by atoms with Gasteiger partial charge < -0.3 is 9.94 Å². The molecule has 0 spiro atoms. The molecule has 3 heteroatoms. The summed E-state index contributed by atoms with van der Waals surface area (Å²) >= 11 is 0. The van der Waals surface area contributed by atoms with E-state index in [4.69, 9.17) is 4.74 Å². The zero-order chi connectivity index (χ0) is 9.10. The maximum atomic E-state index is 9.29.